The van der Waals surface area contributed by atoms with E-state index < -0.39 is 47.5 Å². The van der Waals surface area contributed by atoms with E-state index in [4.69, 9.17) is 28.4 Å². The van der Waals surface area contributed by atoms with Gasteiger partial charge in [-0.05, 0) is 182 Å². The second-order valence-electron chi connectivity index (χ2n) is 20.3. The first-order valence-electron chi connectivity index (χ1n) is 28.6. The summed E-state index contributed by atoms with van der Waals surface area (Å²) in [5, 5.41) is 6.25. The molecular formula is C74H62N2O12. The van der Waals surface area contributed by atoms with Gasteiger partial charge in [-0.1, -0.05) is 97.5 Å². The average Bonchev–Trinajstić information content (AvgIpc) is 0.907. The lowest BCUT2D eigenvalue weighted by Crippen LogP contribution is -2.53. The highest BCUT2D eigenvalue weighted by Gasteiger charge is 2.58. The van der Waals surface area contributed by atoms with Crippen molar-refractivity contribution in [1.82, 2.24) is 0 Å². The molecule has 0 heterocycles. The molecule has 14 nitrogen and oxygen atoms in total. The summed E-state index contributed by atoms with van der Waals surface area (Å²) in [5.74, 6) is 8.29. The third-order valence-corrected chi connectivity index (χ3v) is 14.3. The number of esters is 4. The molecule has 1 aliphatic rings. The summed E-state index contributed by atoms with van der Waals surface area (Å²) in [7, 11) is 0. The lowest BCUT2D eigenvalue weighted by molar-refractivity contribution is -0.138. The third kappa shape index (κ3) is 17.4. The Kier molecular flexibility index (Phi) is 21.7. The fourth-order valence-corrected chi connectivity index (χ4v) is 9.76. The van der Waals surface area contributed by atoms with Gasteiger partial charge >= 0.3 is 23.9 Å². The number of hydrogen-bond donors (Lipinski definition) is 2. The molecule has 440 valence electrons. The van der Waals surface area contributed by atoms with E-state index >= 15 is 9.59 Å². The van der Waals surface area contributed by atoms with Crippen LogP contribution in [0.15, 0.2) is 232 Å². The number of benzene rings is 8. The predicted molar refractivity (Wildman–Crippen MR) is 335 cm³/mol. The molecule has 0 spiro atoms. The molecule has 1 saturated carbocycles. The van der Waals surface area contributed by atoms with Crippen molar-refractivity contribution in [2.75, 3.05) is 37.1 Å². The molecule has 2 amide bonds. The maximum atomic E-state index is 15.1. The van der Waals surface area contributed by atoms with Crippen LogP contribution >= 0.6 is 0 Å². The van der Waals surface area contributed by atoms with Crippen LogP contribution in [0, 0.1) is 35.5 Å². The van der Waals surface area contributed by atoms with Crippen molar-refractivity contribution in [2.24, 2.45) is 11.8 Å². The predicted octanol–water partition coefficient (Wildman–Crippen LogP) is 13.1. The third-order valence-electron chi connectivity index (χ3n) is 14.3. The molecule has 9 rings (SSSR count). The highest BCUT2D eigenvalue weighted by atomic mass is 16.5. The Morgan fingerprint density at radius 2 is 0.693 bits per heavy atom. The van der Waals surface area contributed by atoms with Gasteiger partial charge in [0, 0.05) is 57.6 Å². The van der Waals surface area contributed by atoms with Gasteiger partial charge in [0.05, 0.1) is 49.4 Å². The van der Waals surface area contributed by atoms with Gasteiger partial charge < -0.3 is 39.1 Å². The first-order chi connectivity index (χ1) is 43.0. The van der Waals surface area contributed by atoms with Crippen LogP contribution in [0.3, 0.4) is 0 Å². The standard InChI is InChI=1S/C74H62N2O12/c1-3-65(77)85-49-13-11-47-83-61-39-31-57(32-40-61)73(81)87-63-43-27-55(28-44-63)67-69(71(79)75-59-35-23-53(24-36-59)21-19-51-15-7-5-8-16-51)68(70(67)72(80)76-60-37-25-54(26-38-60)22-20-52-17-9-6-10-18-52)56-29-45-64(46-30-56)88-74(82)58-33-41-62(42-34-58)84-48-12-14-50-86-66(78)4-2/h3-10,15-18,23-46,67-70H,1-2,11-14,47-50H2,(H,75,79)(H,76,80). The molecule has 1 fully saturated rings. The van der Waals surface area contributed by atoms with Gasteiger partial charge in [0.25, 0.3) is 0 Å². The van der Waals surface area contributed by atoms with Crippen molar-refractivity contribution in [1.29, 1.82) is 0 Å². The van der Waals surface area contributed by atoms with E-state index in [1.807, 2.05) is 84.9 Å². The van der Waals surface area contributed by atoms with Gasteiger partial charge in [-0.2, -0.15) is 0 Å². The Morgan fingerprint density at radius 3 is 1.03 bits per heavy atom. The summed E-state index contributed by atoms with van der Waals surface area (Å²) in [6.45, 7) is 8.05. The highest BCUT2D eigenvalue weighted by Crippen LogP contribution is 2.58. The number of nitrogens with one attached hydrogen (secondary N) is 2. The Hall–Kier alpha value is -11.2. The first kappa shape index (κ1) is 61.3. The molecule has 8 aromatic rings. The summed E-state index contributed by atoms with van der Waals surface area (Å²) in [6.07, 6.45) is 4.75. The zero-order chi connectivity index (χ0) is 61.5. The Morgan fingerprint density at radius 1 is 0.375 bits per heavy atom. The minimum absolute atomic E-state index is 0.238. The lowest BCUT2D eigenvalue weighted by atomic mass is 9.52. The van der Waals surface area contributed by atoms with Crippen molar-refractivity contribution in [3.05, 3.63) is 276 Å². The molecule has 8 aromatic carbocycles. The maximum absolute atomic E-state index is 15.1. The molecule has 88 heavy (non-hydrogen) atoms. The van der Waals surface area contributed by atoms with Crippen LogP contribution in [0.2, 0.25) is 0 Å². The van der Waals surface area contributed by atoms with Crippen molar-refractivity contribution in [3.8, 4) is 46.7 Å². The number of hydrogen-bond acceptors (Lipinski definition) is 12. The molecular weight excluding hydrogens is 1110 g/mol. The van der Waals surface area contributed by atoms with Crippen molar-refractivity contribution in [3.63, 3.8) is 0 Å². The molecule has 0 unspecified atom stereocenters. The molecule has 0 saturated heterocycles. The van der Waals surface area contributed by atoms with E-state index in [-0.39, 0.29) is 47.7 Å². The second kappa shape index (κ2) is 31.1. The largest absolute Gasteiger partial charge is 0.494 e. The van der Waals surface area contributed by atoms with Gasteiger partial charge in [0.15, 0.2) is 0 Å². The Balaban J connectivity index is 0.954. The molecule has 2 N–H and O–H groups in total. The summed E-state index contributed by atoms with van der Waals surface area (Å²) in [5.41, 5.74) is 6.11. The van der Waals surface area contributed by atoms with E-state index in [9.17, 15) is 19.2 Å². The molecule has 0 aromatic heterocycles. The minimum Gasteiger partial charge on any atom is -0.494 e. The molecule has 0 atom stereocenters. The van der Waals surface area contributed by atoms with Crippen LogP contribution in [-0.2, 0) is 28.7 Å². The Bertz CT molecular complexity index is 3580. The first-order valence-corrected chi connectivity index (χ1v) is 28.6. The van der Waals surface area contributed by atoms with Gasteiger partial charge in [0.2, 0.25) is 11.8 Å². The zero-order valence-electron chi connectivity index (χ0n) is 48.1. The number of ether oxygens (including phenoxy) is 6. The molecule has 0 aliphatic heterocycles. The average molecular weight is 1170 g/mol. The number of rotatable bonds is 24. The zero-order valence-corrected chi connectivity index (χ0v) is 48.1. The van der Waals surface area contributed by atoms with Gasteiger partial charge in [-0.15, -0.1) is 0 Å². The second-order valence-corrected chi connectivity index (χ2v) is 20.3. The van der Waals surface area contributed by atoms with Crippen LogP contribution < -0.4 is 29.6 Å². The topological polar surface area (TPSA) is 182 Å². The van der Waals surface area contributed by atoms with Crippen LogP contribution in [-0.4, -0.2) is 62.1 Å². The van der Waals surface area contributed by atoms with Crippen LogP contribution in [0.4, 0.5) is 11.4 Å². The van der Waals surface area contributed by atoms with Gasteiger partial charge in [-0.3, -0.25) is 9.59 Å². The minimum atomic E-state index is -0.836. The van der Waals surface area contributed by atoms with E-state index in [1.165, 1.54) is 0 Å². The number of amides is 2. The quantitative estimate of drug-likeness (QED) is 0.0192. The normalized spacial score (nSPS) is 14.5. The molecule has 0 bridgehead atoms. The van der Waals surface area contributed by atoms with E-state index in [2.05, 4.69) is 47.5 Å². The summed E-state index contributed by atoms with van der Waals surface area (Å²) < 4.78 is 33.3. The number of unbranched alkanes of at least 4 members (excludes halogenated alkanes) is 2. The molecule has 0 radical (unpaired) electrons. The number of anilines is 2. The van der Waals surface area contributed by atoms with Crippen molar-refractivity contribution < 1.29 is 57.2 Å². The van der Waals surface area contributed by atoms with E-state index in [0.29, 0.717) is 72.9 Å². The number of carbonyl (C=O) groups is 6. The lowest BCUT2D eigenvalue weighted by Gasteiger charge is -2.50. The summed E-state index contributed by atoms with van der Waals surface area (Å²) in [4.78, 5) is 79.6. The SMILES string of the molecule is C=CC(=O)OCCCCOc1ccc(C(=O)Oc2ccc(C3C(C(=O)Nc4ccc(C#Cc5ccccc5)cc4)C(c4ccc(OC(=O)c5ccc(OCCCCOC(=O)C=C)cc5)cc4)C3C(=O)Nc3ccc(C#Cc4ccccc4)cc3)cc2)cc1. The van der Waals surface area contributed by atoms with Crippen LogP contribution in [0.25, 0.3) is 0 Å². The summed E-state index contributed by atoms with van der Waals surface area (Å²) in [6, 6.07) is 60.3. The van der Waals surface area contributed by atoms with Gasteiger partial charge in [0.1, 0.15) is 23.0 Å². The van der Waals surface area contributed by atoms with Crippen molar-refractivity contribution >= 4 is 47.1 Å². The smallest absolute Gasteiger partial charge is 0.343 e. The van der Waals surface area contributed by atoms with Crippen LogP contribution in [0.5, 0.6) is 23.0 Å². The molecule has 1 aliphatic carbocycles. The van der Waals surface area contributed by atoms with Crippen LogP contribution in [0.1, 0.15) is 91.6 Å². The van der Waals surface area contributed by atoms with E-state index in [0.717, 1.165) is 34.4 Å². The van der Waals surface area contributed by atoms with Crippen molar-refractivity contribution in [2.45, 2.75) is 37.5 Å². The summed E-state index contributed by atoms with van der Waals surface area (Å²) >= 11 is 0. The fraction of sp³-hybridized carbons (Fsp3) is 0.162. The molecule has 14 heteroatoms. The van der Waals surface area contributed by atoms with E-state index in [1.54, 1.807) is 121 Å². The highest BCUT2D eigenvalue weighted by molar-refractivity contribution is 6.01. The Labute approximate surface area is 511 Å². The van der Waals surface area contributed by atoms with Gasteiger partial charge in [-0.25, -0.2) is 19.2 Å². The fourth-order valence-electron chi connectivity index (χ4n) is 9.76. The monoisotopic (exact) mass is 1170 g/mol. The number of carbonyl (C=O) groups excluding carboxylic acids is 6. The maximum Gasteiger partial charge on any atom is 0.343 e.